The molecule has 0 spiro atoms. The number of ether oxygens (including phenoxy) is 1. The fourth-order valence-electron chi connectivity index (χ4n) is 2.10. The van der Waals surface area contributed by atoms with Gasteiger partial charge in [-0.05, 0) is 48.7 Å². The Balaban J connectivity index is 1.87. The van der Waals surface area contributed by atoms with E-state index in [2.05, 4.69) is 10.6 Å². The van der Waals surface area contributed by atoms with Gasteiger partial charge in [-0.2, -0.15) is 0 Å². The molecule has 0 aliphatic rings. The number of benzene rings is 2. The Morgan fingerprint density at radius 3 is 2.77 bits per heavy atom. The van der Waals surface area contributed by atoms with Gasteiger partial charge >= 0.3 is 6.03 Å². The maximum atomic E-state index is 11.9. The average Bonchev–Trinajstić information content (AvgIpc) is 2.47. The Kier molecular flexibility index (Phi) is 5.67. The lowest BCUT2D eigenvalue weighted by atomic mass is 10.1. The van der Waals surface area contributed by atoms with Gasteiger partial charge in [0, 0.05) is 11.6 Å². The van der Waals surface area contributed by atoms with E-state index in [0.717, 1.165) is 17.5 Å². The van der Waals surface area contributed by atoms with Crippen LogP contribution in [0, 0.1) is 6.92 Å². The standard InChI is InChI=1S/C17H19ClN2O2/c1-12-6-7-16(22-2)15(10-12)20-17(21)19-9-8-13-4-3-5-14(18)11-13/h3-7,10-11H,8-9H2,1-2H3,(H2,19,20,21). The molecule has 0 unspecified atom stereocenters. The molecule has 2 amide bonds. The van der Waals surface area contributed by atoms with Crippen LogP contribution in [0.5, 0.6) is 5.75 Å². The summed E-state index contributed by atoms with van der Waals surface area (Å²) in [5, 5.41) is 6.32. The molecule has 0 radical (unpaired) electrons. The van der Waals surface area contributed by atoms with Crippen molar-refractivity contribution >= 4 is 23.3 Å². The van der Waals surface area contributed by atoms with Crippen molar-refractivity contribution in [1.29, 1.82) is 0 Å². The fourth-order valence-corrected chi connectivity index (χ4v) is 2.31. The molecule has 0 atom stereocenters. The number of anilines is 1. The predicted octanol–water partition coefficient (Wildman–Crippen LogP) is 4.02. The van der Waals surface area contributed by atoms with Crippen molar-refractivity contribution in [3.05, 3.63) is 58.6 Å². The van der Waals surface area contributed by atoms with E-state index in [4.69, 9.17) is 16.3 Å². The molecular formula is C17H19ClN2O2. The lowest BCUT2D eigenvalue weighted by molar-refractivity contribution is 0.252. The molecule has 0 fully saturated rings. The van der Waals surface area contributed by atoms with Gasteiger partial charge in [0.1, 0.15) is 5.75 Å². The number of amides is 2. The zero-order valence-corrected chi connectivity index (χ0v) is 13.4. The molecule has 0 aromatic heterocycles. The van der Waals surface area contributed by atoms with E-state index in [9.17, 15) is 4.79 Å². The maximum absolute atomic E-state index is 11.9. The number of aryl methyl sites for hydroxylation is 1. The molecule has 2 rings (SSSR count). The highest BCUT2D eigenvalue weighted by molar-refractivity contribution is 6.30. The van der Waals surface area contributed by atoms with Gasteiger partial charge in [-0.3, -0.25) is 0 Å². The number of nitrogens with one attached hydrogen (secondary N) is 2. The maximum Gasteiger partial charge on any atom is 0.319 e. The van der Waals surface area contributed by atoms with Gasteiger partial charge in [0.15, 0.2) is 0 Å². The Morgan fingerprint density at radius 2 is 2.05 bits per heavy atom. The number of hydrogen-bond acceptors (Lipinski definition) is 2. The number of hydrogen-bond donors (Lipinski definition) is 2. The SMILES string of the molecule is COc1ccc(C)cc1NC(=O)NCCc1cccc(Cl)c1. The summed E-state index contributed by atoms with van der Waals surface area (Å²) in [4.78, 5) is 11.9. The van der Waals surface area contributed by atoms with Gasteiger partial charge in [0.05, 0.1) is 12.8 Å². The lowest BCUT2D eigenvalue weighted by Gasteiger charge is -2.12. The van der Waals surface area contributed by atoms with Crippen molar-refractivity contribution in [2.24, 2.45) is 0 Å². The van der Waals surface area contributed by atoms with Crippen LogP contribution in [0.1, 0.15) is 11.1 Å². The predicted molar refractivity (Wildman–Crippen MR) is 89.9 cm³/mol. The first kappa shape index (κ1) is 16.2. The van der Waals surface area contributed by atoms with Crippen molar-refractivity contribution in [2.75, 3.05) is 19.0 Å². The topological polar surface area (TPSA) is 50.4 Å². The second-order valence-electron chi connectivity index (χ2n) is 4.96. The Morgan fingerprint density at radius 1 is 1.23 bits per heavy atom. The van der Waals surface area contributed by atoms with Crippen LogP contribution in [0.4, 0.5) is 10.5 Å². The first-order valence-electron chi connectivity index (χ1n) is 7.02. The van der Waals surface area contributed by atoms with Gasteiger partial charge in [0.25, 0.3) is 0 Å². The molecule has 116 valence electrons. The van der Waals surface area contributed by atoms with Crippen LogP contribution < -0.4 is 15.4 Å². The lowest BCUT2D eigenvalue weighted by Crippen LogP contribution is -2.30. The molecule has 0 bridgehead atoms. The normalized spacial score (nSPS) is 10.1. The van der Waals surface area contributed by atoms with E-state index in [1.54, 1.807) is 7.11 Å². The number of methoxy groups -OCH3 is 1. The number of halogens is 1. The monoisotopic (exact) mass is 318 g/mol. The molecule has 22 heavy (non-hydrogen) atoms. The van der Waals surface area contributed by atoms with E-state index < -0.39 is 0 Å². The summed E-state index contributed by atoms with van der Waals surface area (Å²) >= 11 is 5.93. The summed E-state index contributed by atoms with van der Waals surface area (Å²) in [6, 6.07) is 13.0. The second-order valence-corrected chi connectivity index (χ2v) is 5.40. The molecule has 2 aromatic carbocycles. The molecule has 0 heterocycles. The summed E-state index contributed by atoms with van der Waals surface area (Å²) in [6.45, 7) is 2.49. The summed E-state index contributed by atoms with van der Waals surface area (Å²) in [6.07, 6.45) is 0.721. The van der Waals surface area contributed by atoms with Gasteiger partial charge in [-0.1, -0.05) is 29.8 Å². The summed E-state index contributed by atoms with van der Waals surface area (Å²) in [5.41, 5.74) is 2.79. The minimum Gasteiger partial charge on any atom is -0.495 e. The molecule has 0 saturated carbocycles. The minimum absolute atomic E-state index is 0.258. The third-order valence-corrected chi connectivity index (χ3v) is 3.43. The van der Waals surface area contributed by atoms with Crippen molar-refractivity contribution in [3.63, 3.8) is 0 Å². The van der Waals surface area contributed by atoms with Crippen LogP contribution >= 0.6 is 11.6 Å². The van der Waals surface area contributed by atoms with Crippen LogP contribution in [0.25, 0.3) is 0 Å². The molecule has 0 aliphatic heterocycles. The van der Waals surface area contributed by atoms with Crippen LogP contribution in [0.2, 0.25) is 5.02 Å². The smallest absolute Gasteiger partial charge is 0.319 e. The number of carbonyl (C=O) groups is 1. The zero-order valence-electron chi connectivity index (χ0n) is 12.7. The Bertz CT molecular complexity index is 659. The van der Waals surface area contributed by atoms with E-state index in [0.29, 0.717) is 23.0 Å². The molecule has 2 aromatic rings. The van der Waals surface area contributed by atoms with Crippen molar-refractivity contribution in [2.45, 2.75) is 13.3 Å². The summed E-state index contributed by atoms with van der Waals surface area (Å²) in [5.74, 6) is 0.635. The molecule has 4 nitrogen and oxygen atoms in total. The van der Waals surface area contributed by atoms with Crippen LogP contribution in [-0.4, -0.2) is 19.7 Å². The largest absolute Gasteiger partial charge is 0.495 e. The molecule has 0 aliphatic carbocycles. The first-order chi connectivity index (χ1) is 10.6. The molecule has 5 heteroatoms. The van der Waals surface area contributed by atoms with Gasteiger partial charge < -0.3 is 15.4 Å². The van der Waals surface area contributed by atoms with Crippen molar-refractivity contribution in [1.82, 2.24) is 5.32 Å². The third kappa shape index (κ3) is 4.67. The van der Waals surface area contributed by atoms with E-state index in [1.807, 2.05) is 49.4 Å². The minimum atomic E-state index is -0.258. The van der Waals surface area contributed by atoms with Gasteiger partial charge in [-0.25, -0.2) is 4.79 Å². The first-order valence-corrected chi connectivity index (χ1v) is 7.40. The van der Waals surface area contributed by atoms with Crippen molar-refractivity contribution < 1.29 is 9.53 Å². The summed E-state index contributed by atoms with van der Waals surface area (Å²) < 4.78 is 5.23. The van der Waals surface area contributed by atoms with Crippen LogP contribution in [-0.2, 0) is 6.42 Å². The zero-order chi connectivity index (χ0) is 15.9. The number of urea groups is 1. The van der Waals surface area contributed by atoms with E-state index >= 15 is 0 Å². The van der Waals surface area contributed by atoms with Gasteiger partial charge in [-0.15, -0.1) is 0 Å². The highest BCUT2D eigenvalue weighted by Crippen LogP contribution is 2.24. The number of carbonyl (C=O) groups excluding carboxylic acids is 1. The highest BCUT2D eigenvalue weighted by Gasteiger charge is 2.07. The molecule has 2 N–H and O–H groups in total. The molecular weight excluding hydrogens is 300 g/mol. The quantitative estimate of drug-likeness (QED) is 0.874. The fraction of sp³-hybridized carbons (Fsp3) is 0.235. The van der Waals surface area contributed by atoms with Crippen LogP contribution in [0.15, 0.2) is 42.5 Å². The third-order valence-electron chi connectivity index (χ3n) is 3.19. The van der Waals surface area contributed by atoms with Crippen LogP contribution in [0.3, 0.4) is 0 Å². The number of rotatable bonds is 5. The van der Waals surface area contributed by atoms with E-state index in [1.165, 1.54) is 0 Å². The average molecular weight is 319 g/mol. The highest BCUT2D eigenvalue weighted by atomic mass is 35.5. The van der Waals surface area contributed by atoms with E-state index in [-0.39, 0.29) is 6.03 Å². The Labute approximate surface area is 135 Å². The molecule has 0 saturated heterocycles. The Hall–Kier alpha value is -2.20. The summed E-state index contributed by atoms with van der Waals surface area (Å²) in [7, 11) is 1.58. The second kappa shape index (κ2) is 7.71. The van der Waals surface area contributed by atoms with Crippen molar-refractivity contribution in [3.8, 4) is 5.75 Å². The van der Waals surface area contributed by atoms with Gasteiger partial charge in [0.2, 0.25) is 0 Å².